The molecule has 0 atom stereocenters. The molecule has 1 aromatic carbocycles. The average Bonchev–Trinajstić information content (AvgIpc) is 3.06. The van der Waals surface area contributed by atoms with E-state index in [-0.39, 0.29) is 0 Å². The summed E-state index contributed by atoms with van der Waals surface area (Å²) in [5.74, 6) is 0.747. The molecule has 120 valence electrons. The van der Waals surface area contributed by atoms with Gasteiger partial charge in [-0.3, -0.25) is 0 Å². The van der Waals surface area contributed by atoms with E-state index in [1.165, 1.54) is 6.08 Å². The van der Waals surface area contributed by atoms with E-state index in [9.17, 15) is 4.39 Å². The maximum atomic E-state index is 14.5. The summed E-state index contributed by atoms with van der Waals surface area (Å²) in [7, 11) is -0.979. The molecule has 0 unspecified atom stereocenters. The van der Waals surface area contributed by atoms with Gasteiger partial charge in [-0.25, -0.2) is 4.39 Å². The first-order valence-corrected chi connectivity index (χ1v) is 7.65. The Morgan fingerprint density at radius 2 is 1.74 bits per heavy atom. The molecule has 1 aliphatic heterocycles. The van der Waals surface area contributed by atoms with Crippen molar-refractivity contribution < 1.29 is 18.1 Å². The molecule has 0 spiro atoms. The van der Waals surface area contributed by atoms with Crippen molar-refractivity contribution in [2.24, 2.45) is 0 Å². The standard InChI is InChI=1S/C18H20BFO3/c1-17(2)18(3,4)23-19(22-17)16(20)12-13-7-5-8-14(11-13)15-9-6-10-21-15/h5-12H,1-4H3. The van der Waals surface area contributed by atoms with Crippen LogP contribution in [0.3, 0.4) is 0 Å². The maximum Gasteiger partial charge on any atom is 0.525 e. The van der Waals surface area contributed by atoms with Gasteiger partial charge in [-0.2, -0.15) is 0 Å². The second-order valence-electron chi connectivity index (χ2n) is 6.72. The number of hydrogen-bond acceptors (Lipinski definition) is 3. The molecule has 1 aliphatic rings. The Morgan fingerprint density at radius 3 is 2.35 bits per heavy atom. The highest BCUT2D eigenvalue weighted by Crippen LogP contribution is 2.39. The van der Waals surface area contributed by atoms with Crippen LogP contribution >= 0.6 is 0 Å². The predicted octanol–water partition coefficient (Wildman–Crippen LogP) is 4.89. The molecule has 0 bridgehead atoms. The lowest BCUT2D eigenvalue weighted by Gasteiger charge is -2.32. The summed E-state index contributed by atoms with van der Waals surface area (Å²) < 4.78 is 31.3. The van der Waals surface area contributed by atoms with Gasteiger partial charge in [0, 0.05) is 5.56 Å². The third-order valence-electron chi connectivity index (χ3n) is 4.48. The van der Waals surface area contributed by atoms with E-state index in [1.807, 2.05) is 64.1 Å². The Kier molecular flexibility index (Phi) is 3.94. The van der Waals surface area contributed by atoms with Gasteiger partial charge in [0.1, 0.15) is 11.5 Å². The molecule has 1 saturated heterocycles. The maximum absolute atomic E-state index is 14.5. The highest BCUT2D eigenvalue weighted by atomic mass is 19.1. The molecule has 1 fully saturated rings. The van der Waals surface area contributed by atoms with Crippen LogP contribution in [0.1, 0.15) is 33.3 Å². The molecule has 5 heteroatoms. The number of rotatable bonds is 3. The molecule has 3 rings (SSSR count). The van der Waals surface area contributed by atoms with Crippen molar-refractivity contribution in [3.05, 3.63) is 54.0 Å². The molecule has 23 heavy (non-hydrogen) atoms. The van der Waals surface area contributed by atoms with E-state index in [0.29, 0.717) is 0 Å². The summed E-state index contributed by atoms with van der Waals surface area (Å²) in [6.45, 7) is 7.60. The summed E-state index contributed by atoms with van der Waals surface area (Å²) in [5.41, 5.74) is 0.0643. The SMILES string of the molecule is CC1(C)OB(C(F)=Cc2cccc(-c3ccco3)c2)OC1(C)C. The van der Waals surface area contributed by atoms with Gasteiger partial charge in [-0.1, -0.05) is 18.2 Å². The number of hydrogen-bond donors (Lipinski definition) is 0. The van der Waals surface area contributed by atoms with Gasteiger partial charge in [0.05, 0.1) is 17.5 Å². The Balaban J connectivity index is 1.84. The van der Waals surface area contributed by atoms with E-state index in [0.717, 1.165) is 16.9 Å². The fourth-order valence-corrected chi connectivity index (χ4v) is 2.41. The van der Waals surface area contributed by atoms with Crippen molar-refractivity contribution in [1.29, 1.82) is 0 Å². The van der Waals surface area contributed by atoms with Crippen molar-refractivity contribution >= 4 is 13.2 Å². The van der Waals surface area contributed by atoms with Gasteiger partial charge in [-0.15, -0.1) is 0 Å². The number of benzene rings is 1. The second-order valence-corrected chi connectivity index (χ2v) is 6.72. The highest BCUT2D eigenvalue weighted by Gasteiger charge is 2.53. The summed E-state index contributed by atoms with van der Waals surface area (Å²) >= 11 is 0. The molecule has 2 aromatic rings. The van der Waals surface area contributed by atoms with Crippen LogP contribution in [0.4, 0.5) is 4.39 Å². The van der Waals surface area contributed by atoms with Crippen LogP contribution in [-0.2, 0) is 9.31 Å². The van der Waals surface area contributed by atoms with Gasteiger partial charge in [-0.05, 0) is 57.5 Å². The summed E-state index contributed by atoms with van der Waals surface area (Å²) in [6.07, 6.45) is 3.05. The third-order valence-corrected chi connectivity index (χ3v) is 4.48. The van der Waals surface area contributed by atoms with Crippen LogP contribution in [0.5, 0.6) is 0 Å². The quantitative estimate of drug-likeness (QED) is 0.756. The van der Waals surface area contributed by atoms with Crippen molar-refractivity contribution in [3.8, 4) is 11.3 Å². The molecule has 0 saturated carbocycles. The fourth-order valence-electron chi connectivity index (χ4n) is 2.41. The van der Waals surface area contributed by atoms with Crippen LogP contribution < -0.4 is 0 Å². The monoisotopic (exact) mass is 314 g/mol. The van der Waals surface area contributed by atoms with E-state index >= 15 is 0 Å². The minimum Gasteiger partial charge on any atom is -0.464 e. The van der Waals surface area contributed by atoms with Crippen molar-refractivity contribution in [1.82, 2.24) is 0 Å². The van der Waals surface area contributed by atoms with Crippen LogP contribution in [0.2, 0.25) is 0 Å². The van der Waals surface area contributed by atoms with Crippen LogP contribution in [0.15, 0.2) is 52.8 Å². The molecular formula is C18H20BFO3. The summed E-state index contributed by atoms with van der Waals surface area (Å²) in [6, 6.07) is 11.2. The van der Waals surface area contributed by atoms with E-state index in [2.05, 4.69) is 0 Å². The second kappa shape index (κ2) is 5.66. The van der Waals surface area contributed by atoms with Crippen LogP contribution in [0, 0.1) is 0 Å². The lowest BCUT2D eigenvalue weighted by Crippen LogP contribution is -2.41. The van der Waals surface area contributed by atoms with Gasteiger partial charge in [0.25, 0.3) is 0 Å². The first-order chi connectivity index (χ1) is 10.8. The minimum absolute atomic E-state index is 0.444. The van der Waals surface area contributed by atoms with Gasteiger partial charge < -0.3 is 13.7 Å². The first kappa shape index (κ1) is 16.0. The van der Waals surface area contributed by atoms with Crippen molar-refractivity contribution in [2.45, 2.75) is 38.9 Å². The zero-order valence-corrected chi connectivity index (χ0v) is 13.8. The smallest absolute Gasteiger partial charge is 0.464 e. The molecular weight excluding hydrogens is 294 g/mol. The molecule has 1 aromatic heterocycles. The Hall–Kier alpha value is -1.85. The number of furan rings is 1. The largest absolute Gasteiger partial charge is 0.525 e. The van der Waals surface area contributed by atoms with E-state index in [4.69, 9.17) is 13.7 Å². The van der Waals surface area contributed by atoms with Gasteiger partial charge in [0.2, 0.25) is 0 Å². The Labute approximate surface area is 136 Å². The number of halogens is 1. The third kappa shape index (κ3) is 3.12. The van der Waals surface area contributed by atoms with Crippen molar-refractivity contribution in [2.75, 3.05) is 0 Å². The lowest BCUT2D eigenvalue weighted by molar-refractivity contribution is 0.00578. The van der Waals surface area contributed by atoms with Crippen LogP contribution in [0.25, 0.3) is 17.4 Å². The minimum atomic E-state index is -0.979. The Morgan fingerprint density at radius 1 is 1.04 bits per heavy atom. The van der Waals surface area contributed by atoms with Gasteiger partial charge in [0.15, 0.2) is 0 Å². The Bertz CT molecular complexity index is 704. The van der Waals surface area contributed by atoms with E-state index < -0.39 is 24.0 Å². The first-order valence-electron chi connectivity index (χ1n) is 7.65. The average molecular weight is 314 g/mol. The van der Waals surface area contributed by atoms with Gasteiger partial charge >= 0.3 is 7.12 Å². The normalized spacial score (nSPS) is 20.0. The molecule has 2 heterocycles. The topological polar surface area (TPSA) is 31.6 Å². The summed E-state index contributed by atoms with van der Waals surface area (Å²) in [5, 5.41) is 0. The van der Waals surface area contributed by atoms with E-state index in [1.54, 1.807) is 6.26 Å². The molecule has 0 aliphatic carbocycles. The predicted molar refractivity (Wildman–Crippen MR) is 89.3 cm³/mol. The molecule has 0 N–H and O–H groups in total. The lowest BCUT2D eigenvalue weighted by atomic mass is 9.86. The fraction of sp³-hybridized carbons (Fsp3) is 0.333. The summed E-state index contributed by atoms with van der Waals surface area (Å²) in [4.78, 5) is 0. The highest BCUT2D eigenvalue weighted by molar-refractivity contribution is 6.54. The van der Waals surface area contributed by atoms with Crippen LogP contribution in [-0.4, -0.2) is 18.3 Å². The molecule has 3 nitrogen and oxygen atoms in total. The molecule has 0 amide bonds. The molecule has 0 radical (unpaired) electrons. The van der Waals surface area contributed by atoms with Crippen molar-refractivity contribution in [3.63, 3.8) is 0 Å². The zero-order valence-electron chi connectivity index (χ0n) is 13.8. The zero-order chi connectivity index (χ0) is 16.7.